The maximum Gasteiger partial charge on any atom is 0.160 e. The number of ether oxygens (including phenoxy) is 1. The summed E-state index contributed by atoms with van der Waals surface area (Å²) in [7, 11) is 1.71. The number of nitrogens with zero attached hydrogens (tertiary/aromatic N) is 3. The van der Waals surface area contributed by atoms with E-state index in [4.69, 9.17) is 4.74 Å². The number of anilines is 1. The maximum atomic E-state index is 5.41. The van der Waals surface area contributed by atoms with E-state index in [0.717, 1.165) is 37.6 Å². The Bertz CT molecular complexity index is 439. The second kappa shape index (κ2) is 5.35. The van der Waals surface area contributed by atoms with E-state index in [2.05, 4.69) is 26.2 Å². The summed E-state index contributed by atoms with van der Waals surface area (Å²) >= 11 is 0. The van der Waals surface area contributed by atoms with Gasteiger partial charge in [-0.3, -0.25) is 9.88 Å². The molecular formula is C14H22N4O. The zero-order valence-corrected chi connectivity index (χ0v) is 11.7. The fourth-order valence-corrected chi connectivity index (χ4v) is 2.87. The Morgan fingerprint density at radius 2 is 2.05 bits per heavy atom. The highest BCUT2D eigenvalue weighted by Crippen LogP contribution is 2.32. The summed E-state index contributed by atoms with van der Waals surface area (Å²) in [5, 5.41) is 3.40. The molecule has 0 bridgehead atoms. The first-order valence-electron chi connectivity index (χ1n) is 6.98. The Labute approximate surface area is 114 Å². The van der Waals surface area contributed by atoms with Crippen molar-refractivity contribution in [2.75, 3.05) is 51.3 Å². The molecule has 1 aromatic heterocycles. The average Bonchev–Trinajstić information content (AvgIpc) is 2.39. The van der Waals surface area contributed by atoms with Gasteiger partial charge in [0.15, 0.2) is 5.75 Å². The molecule has 1 aromatic rings. The molecule has 5 heteroatoms. The molecule has 3 heterocycles. The molecule has 5 nitrogen and oxygen atoms in total. The third-order valence-electron chi connectivity index (χ3n) is 4.07. The molecule has 0 unspecified atom stereocenters. The predicted molar refractivity (Wildman–Crippen MR) is 76.0 cm³/mol. The molecule has 2 saturated heterocycles. The van der Waals surface area contributed by atoms with Crippen molar-refractivity contribution in [3.63, 3.8) is 0 Å². The van der Waals surface area contributed by atoms with Crippen LogP contribution >= 0.6 is 0 Å². The highest BCUT2D eigenvalue weighted by molar-refractivity contribution is 5.60. The van der Waals surface area contributed by atoms with Gasteiger partial charge in [0.2, 0.25) is 0 Å². The number of aromatic nitrogens is 1. The van der Waals surface area contributed by atoms with E-state index >= 15 is 0 Å². The number of hydrogen-bond donors (Lipinski definition) is 1. The molecule has 0 saturated carbocycles. The van der Waals surface area contributed by atoms with Crippen LogP contribution in [0.2, 0.25) is 0 Å². The molecule has 0 atom stereocenters. The third kappa shape index (κ3) is 2.53. The lowest BCUT2D eigenvalue weighted by Crippen LogP contribution is -2.62. The minimum absolute atomic E-state index is 0.695. The van der Waals surface area contributed by atoms with Crippen molar-refractivity contribution in [1.29, 1.82) is 0 Å². The first kappa shape index (κ1) is 12.7. The van der Waals surface area contributed by atoms with E-state index in [1.165, 1.54) is 18.8 Å². The van der Waals surface area contributed by atoms with E-state index in [-0.39, 0.29) is 0 Å². The number of methoxy groups -OCH3 is 1. The summed E-state index contributed by atoms with van der Waals surface area (Å²) in [6.07, 6.45) is 1.82. The molecule has 0 aliphatic carbocycles. The second-order valence-corrected chi connectivity index (χ2v) is 5.34. The van der Waals surface area contributed by atoms with Crippen molar-refractivity contribution < 1.29 is 4.74 Å². The zero-order valence-electron chi connectivity index (χ0n) is 11.7. The fraction of sp³-hybridized carbons (Fsp3) is 0.643. The number of rotatable bonds is 3. The lowest BCUT2D eigenvalue weighted by Gasteiger charge is -2.48. The quantitative estimate of drug-likeness (QED) is 0.858. The van der Waals surface area contributed by atoms with Crippen LogP contribution in [0.25, 0.3) is 0 Å². The van der Waals surface area contributed by atoms with Gasteiger partial charge in [-0.25, -0.2) is 0 Å². The Morgan fingerprint density at radius 3 is 2.74 bits per heavy atom. The van der Waals surface area contributed by atoms with Gasteiger partial charge in [-0.1, -0.05) is 0 Å². The Kier molecular flexibility index (Phi) is 3.57. The lowest BCUT2D eigenvalue weighted by atomic mass is 10.0. The normalized spacial score (nSPS) is 21.3. The van der Waals surface area contributed by atoms with Gasteiger partial charge in [0.05, 0.1) is 19.0 Å². The van der Waals surface area contributed by atoms with Crippen LogP contribution in [0.1, 0.15) is 5.69 Å². The van der Waals surface area contributed by atoms with Gasteiger partial charge in [-0.15, -0.1) is 0 Å². The molecule has 19 heavy (non-hydrogen) atoms. The van der Waals surface area contributed by atoms with Crippen molar-refractivity contribution in [3.8, 4) is 5.75 Å². The van der Waals surface area contributed by atoms with Crippen LogP contribution in [0.4, 0.5) is 5.69 Å². The summed E-state index contributed by atoms with van der Waals surface area (Å²) in [6, 6.07) is 2.81. The Balaban J connectivity index is 1.65. The summed E-state index contributed by atoms with van der Waals surface area (Å²) in [4.78, 5) is 9.27. The van der Waals surface area contributed by atoms with Crippen molar-refractivity contribution >= 4 is 5.69 Å². The van der Waals surface area contributed by atoms with Crippen molar-refractivity contribution in [2.45, 2.75) is 13.0 Å². The van der Waals surface area contributed by atoms with Crippen LogP contribution in [-0.4, -0.2) is 62.3 Å². The molecule has 0 radical (unpaired) electrons. The second-order valence-electron chi connectivity index (χ2n) is 5.34. The summed E-state index contributed by atoms with van der Waals surface area (Å²) in [5.41, 5.74) is 2.22. The lowest BCUT2D eigenvalue weighted by molar-refractivity contribution is 0.147. The Morgan fingerprint density at radius 1 is 1.32 bits per heavy atom. The minimum atomic E-state index is 0.695. The first-order valence-corrected chi connectivity index (χ1v) is 6.98. The molecule has 1 N–H and O–H groups in total. The van der Waals surface area contributed by atoms with Crippen LogP contribution in [-0.2, 0) is 0 Å². The molecule has 2 fully saturated rings. The van der Waals surface area contributed by atoms with E-state index < -0.39 is 0 Å². The van der Waals surface area contributed by atoms with Crippen molar-refractivity contribution in [3.05, 3.63) is 18.0 Å². The largest absolute Gasteiger partial charge is 0.493 e. The number of piperazine rings is 1. The number of aryl methyl sites for hydroxylation is 1. The molecule has 0 aromatic carbocycles. The molecular weight excluding hydrogens is 240 g/mol. The molecule has 2 aliphatic rings. The van der Waals surface area contributed by atoms with Gasteiger partial charge >= 0.3 is 0 Å². The molecule has 0 amide bonds. The predicted octanol–water partition coefficient (Wildman–Crippen LogP) is 0.492. The monoisotopic (exact) mass is 262 g/mol. The molecule has 2 aliphatic heterocycles. The van der Waals surface area contributed by atoms with Crippen molar-refractivity contribution in [1.82, 2.24) is 15.2 Å². The Hall–Kier alpha value is -1.33. The van der Waals surface area contributed by atoms with Crippen LogP contribution in [0.3, 0.4) is 0 Å². The SMILES string of the molecule is COc1cnc(C)cc1N1CC(N2CCNCC2)C1. The average molecular weight is 262 g/mol. The molecule has 0 spiro atoms. The van der Waals surface area contributed by atoms with E-state index in [0.29, 0.717) is 6.04 Å². The molecule has 104 valence electrons. The number of hydrogen-bond acceptors (Lipinski definition) is 5. The van der Waals surface area contributed by atoms with E-state index in [1.54, 1.807) is 7.11 Å². The van der Waals surface area contributed by atoms with Crippen LogP contribution in [0.15, 0.2) is 12.3 Å². The van der Waals surface area contributed by atoms with Crippen LogP contribution in [0.5, 0.6) is 5.75 Å². The highest BCUT2D eigenvalue weighted by atomic mass is 16.5. The van der Waals surface area contributed by atoms with Crippen molar-refractivity contribution in [2.24, 2.45) is 0 Å². The third-order valence-corrected chi connectivity index (χ3v) is 4.07. The van der Waals surface area contributed by atoms with Crippen LogP contribution in [0, 0.1) is 6.92 Å². The van der Waals surface area contributed by atoms with Gasteiger partial charge in [0.1, 0.15) is 0 Å². The highest BCUT2D eigenvalue weighted by Gasteiger charge is 2.33. The van der Waals surface area contributed by atoms with Gasteiger partial charge in [-0.05, 0) is 13.0 Å². The number of nitrogens with one attached hydrogen (secondary N) is 1. The maximum absolute atomic E-state index is 5.41. The summed E-state index contributed by atoms with van der Waals surface area (Å²) in [6.45, 7) is 8.80. The zero-order chi connectivity index (χ0) is 13.2. The van der Waals surface area contributed by atoms with E-state index in [9.17, 15) is 0 Å². The van der Waals surface area contributed by atoms with Gasteiger partial charge in [0.25, 0.3) is 0 Å². The smallest absolute Gasteiger partial charge is 0.160 e. The standard InChI is InChI=1S/C14H22N4O/c1-11-7-13(14(19-2)8-16-11)18-9-12(10-18)17-5-3-15-4-6-17/h7-8,12,15H,3-6,9-10H2,1-2H3. The summed E-state index contributed by atoms with van der Waals surface area (Å²) < 4.78 is 5.41. The van der Waals surface area contributed by atoms with Gasteiger partial charge < -0.3 is 15.0 Å². The minimum Gasteiger partial charge on any atom is -0.493 e. The van der Waals surface area contributed by atoms with Gasteiger partial charge in [0, 0.05) is 51.0 Å². The molecule has 3 rings (SSSR count). The van der Waals surface area contributed by atoms with Gasteiger partial charge in [-0.2, -0.15) is 0 Å². The first-order chi connectivity index (χ1) is 9.28. The van der Waals surface area contributed by atoms with Crippen LogP contribution < -0.4 is 15.0 Å². The topological polar surface area (TPSA) is 40.6 Å². The van der Waals surface area contributed by atoms with E-state index in [1.807, 2.05) is 13.1 Å². The fourth-order valence-electron chi connectivity index (χ4n) is 2.87. The summed E-state index contributed by atoms with van der Waals surface area (Å²) in [5.74, 6) is 0.879. The number of pyridine rings is 1.